The van der Waals surface area contributed by atoms with E-state index in [2.05, 4.69) is 25.1 Å². The lowest BCUT2D eigenvalue weighted by atomic mass is 9.98. The van der Waals surface area contributed by atoms with Gasteiger partial charge in [-0.1, -0.05) is 27.7 Å². The highest BCUT2D eigenvalue weighted by Gasteiger charge is 2.56. The van der Waals surface area contributed by atoms with Crippen LogP contribution in [0.5, 0.6) is 0 Å². The Bertz CT molecular complexity index is 1390. The van der Waals surface area contributed by atoms with Crippen molar-refractivity contribution in [2.45, 2.75) is 104 Å². The molecule has 1 unspecified atom stereocenters. The largest absolute Gasteiger partial charge is 0.465 e. The Hall–Kier alpha value is -2.75. The van der Waals surface area contributed by atoms with Gasteiger partial charge in [0, 0.05) is 0 Å². The van der Waals surface area contributed by atoms with Crippen molar-refractivity contribution in [2.75, 3.05) is 19.8 Å². The maximum atomic E-state index is 16.1. The molecule has 254 valence electrons. The first kappa shape index (κ1) is 36.7. The number of alkyl halides is 1. The van der Waals surface area contributed by atoms with Crippen LogP contribution >= 0.6 is 7.67 Å². The van der Waals surface area contributed by atoms with E-state index in [0.717, 1.165) is 6.92 Å². The predicted molar refractivity (Wildman–Crippen MR) is 162 cm³/mol. The average Bonchev–Trinajstić information content (AvgIpc) is 3.44. The summed E-state index contributed by atoms with van der Waals surface area (Å²) in [5.74, 6) is -1.14. The fraction of sp³-hybridized carbons (Fsp3) is 0.750. The van der Waals surface area contributed by atoms with Gasteiger partial charge in [0.25, 0.3) is 5.56 Å². The molecule has 0 bridgehead atoms. The molecule has 0 saturated carbocycles. The number of carbonyl (C=O) groups excluding carboxylic acids is 2. The quantitative estimate of drug-likeness (QED) is 0.152. The smallest absolute Gasteiger partial charge is 0.342 e. The standard InChI is InChI=1S/C28H46FN6O9P/c1-9-41-25(38)18(11-15(3)4)33-45(40,34-19(12-16(5)6)26(39)42-10-2)43-13-20-22(36)28(8,29)27(44-20)35-14-30-21-23(35)31-17(7)32-24(21)37/h14-16,18-20,22,27,36H,9-13H2,1-8H3,(H,31,32,37)(H2,33,34,40)/t18-,19-,20+,22?,27+,28-/m0/s1. The summed E-state index contributed by atoms with van der Waals surface area (Å²) in [6, 6.07) is -2.19. The Morgan fingerprint density at radius 2 is 1.67 bits per heavy atom. The number of esters is 2. The van der Waals surface area contributed by atoms with Crippen LogP contribution < -0.4 is 15.7 Å². The Labute approximate surface area is 261 Å². The SMILES string of the molecule is CCOC(=O)[C@H](CC(C)C)NP(=O)(N[C@@H](CC(C)C)C(=O)OCC)OC[C@H]1O[C@@H](n2cnc3c(=O)[nH]c(C)nc32)[C@@](C)(F)C1O. The van der Waals surface area contributed by atoms with Gasteiger partial charge in [-0.3, -0.25) is 23.5 Å². The molecule has 3 rings (SSSR count). The molecule has 0 amide bonds. The predicted octanol–water partition coefficient (Wildman–Crippen LogP) is 2.67. The highest BCUT2D eigenvalue weighted by Crippen LogP contribution is 2.46. The summed E-state index contributed by atoms with van der Waals surface area (Å²) in [7, 11) is -4.34. The van der Waals surface area contributed by atoms with Crippen molar-refractivity contribution in [3.8, 4) is 0 Å². The number of aryl methyl sites for hydroxylation is 1. The van der Waals surface area contributed by atoms with Gasteiger partial charge in [-0.25, -0.2) is 24.5 Å². The molecule has 6 atom stereocenters. The molecular formula is C28H46FN6O9P. The number of aromatic amines is 1. The summed E-state index contributed by atoms with van der Waals surface area (Å²) in [6.45, 7) is 12.9. The summed E-state index contributed by atoms with van der Waals surface area (Å²) in [5, 5.41) is 16.5. The second-order valence-corrected chi connectivity index (χ2v) is 13.9. The lowest BCUT2D eigenvalue weighted by Crippen LogP contribution is -2.46. The van der Waals surface area contributed by atoms with E-state index < -0.39 is 68.0 Å². The van der Waals surface area contributed by atoms with Gasteiger partial charge in [0.1, 0.15) is 30.1 Å². The number of hydrogen-bond donors (Lipinski definition) is 4. The molecule has 1 aliphatic rings. The zero-order valence-corrected chi connectivity index (χ0v) is 27.9. The van der Waals surface area contributed by atoms with E-state index in [0.29, 0.717) is 0 Å². The van der Waals surface area contributed by atoms with Gasteiger partial charge in [-0.2, -0.15) is 0 Å². The number of H-pyrrole nitrogens is 1. The molecule has 15 nitrogen and oxygen atoms in total. The second-order valence-electron chi connectivity index (χ2n) is 12.1. The number of nitrogens with one attached hydrogen (secondary N) is 3. The number of carbonyl (C=O) groups is 2. The van der Waals surface area contributed by atoms with E-state index in [1.54, 1.807) is 20.8 Å². The van der Waals surface area contributed by atoms with Crippen LogP contribution in [0.2, 0.25) is 0 Å². The van der Waals surface area contributed by atoms with Crippen molar-refractivity contribution in [3.05, 3.63) is 22.5 Å². The molecule has 0 aliphatic carbocycles. The van der Waals surface area contributed by atoms with Crippen molar-refractivity contribution in [1.29, 1.82) is 0 Å². The maximum Gasteiger partial charge on any atom is 0.342 e. The monoisotopic (exact) mass is 660 g/mol. The van der Waals surface area contributed by atoms with Crippen LogP contribution in [0.15, 0.2) is 11.1 Å². The Morgan fingerprint density at radius 3 is 2.16 bits per heavy atom. The van der Waals surface area contributed by atoms with Gasteiger partial charge < -0.3 is 28.8 Å². The highest BCUT2D eigenvalue weighted by atomic mass is 31.2. The van der Waals surface area contributed by atoms with E-state index >= 15 is 4.39 Å². The molecule has 1 saturated heterocycles. The molecule has 0 spiro atoms. The molecule has 17 heteroatoms. The van der Waals surface area contributed by atoms with E-state index in [-0.39, 0.29) is 54.9 Å². The third-order valence-electron chi connectivity index (χ3n) is 7.15. The molecule has 2 aromatic heterocycles. The number of aliphatic hydroxyl groups excluding tert-OH is 1. The first-order chi connectivity index (χ1) is 21.0. The number of halogens is 1. The van der Waals surface area contributed by atoms with Crippen LogP contribution in [0.1, 0.15) is 73.4 Å². The van der Waals surface area contributed by atoms with Gasteiger partial charge in [-0.05, 0) is 52.4 Å². The fourth-order valence-corrected chi connectivity index (χ4v) is 6.91. The first-order valence-corrected chi connectivity index (χ1v) is 16.7. The Balaban J connectivity index is 1.94. The van der Waals surface area contributed by atoms with Crippen LogP contribution in [0, 0.1) is 18.8 Å². The van der Waals surface area contributed by atoms with Gasteiger partial charge in [0.15, 0.2) is 23.1 Å². The minimum atomic E-state index is -4.34. The molecular weight excluding hydrogens is 614 g/mol. The van der Waals surface area contributed by atoms with Crippen LogP contribution in [-0.4, -0.2) is 86.3 Å². The van der Waals surface area contributed by atoms with E-state index in [4.69, 9.17) is 18.7 Å². The lowest BCUT2D eigenvalue weighted by Gasteiger charge is -2.30. The van der Waals surface area contributed by atoms with Crippen molar-refractivity contribution in [1.82, 2.24) is 29.7 Å². The first-order valence-electron chi connectivity index (χ1n) is 15.1. The molecule has 4 N–H and O–H groups in total. The summed E-state index contributed by atoms with van der Waals surface area (Å²) >= 11 is 0. The topological polar surface area (TPSA) is 196 Å². The number of aromatic nitrogens is 4. The number of imidazole rings is 1. The molecule has 0 aromatic carbocycles. The zero-order chi connectivity index (χ0) is 33.7. The Morgan fingerprint density at radius 1 is 1.13 bits per heavy atom. The van der Waals surface area contributed by atoms with Crippen molar-refractivity contribution < 1.29 is 42.4 Å². The second kappa shape index (κ2) is 15.2. The van der Waals surface area contributed by atoms with E-state index in [9.17, 15) is 24.1 Å². The number of hydrogen-bond acceptors (Lipinski definition) is 11. The van der Waals surface area contributed by atoms with Crippen molar-refractivity contribution >= 4 is 30.8 Å². The molecule has 2 aromatic rings. The molecule has 1 aliphatic heterocycles. The third-order valence-corrected chi connectivity index (χ3v) is 8.96. The molecule has 3 heterocycles. The number of rotatable bonds is 16. The van der Waals surface area contributed by atoms with Crippen LogP contribution in [0.25, 0.3) is 11.2 Å². The lowest BCUT2D eigenvalue weighted by molar-refractivity contribution is -0.146. The van der Waals surface area contributed by atoms with Gasteiger partial charge >= 0.3 is 19.6 Å². The number of ether oxygens (including phenoxy) is 3. The fourth-order valence-electron chi connectivity index (χ4n) is 5.09. The van der Waals surface area contributed by atoms with Gasteiger partial charge in [0.2, 0.25) is 0 Å². The summed E-state index contributed by atoms with van der Waals surface area (Å²) in [6.07, 6.45) is -3.03. The summed E-state index contributed by atoms with van der Waals surface area (Å²) < 4.78 is 53.8. The van der Waals surface area contributed by atoms with Crippen LogP contribution in [-0.2, 0) is 32.9 Å². The average molecular weight is 661 g/mol. The highest BCUT2D eigenvalue weighted by molar-refractivity contribution is 7.54. The number of nitrogens with zero attached hydrogens (tertiary/aromatic N) is 3. The molecule has 1 fully saturated rings. The normalized spacial score (nSPS) is 23.5. The minimum absolute atomic E-state index is 0.0284. The van der Waals surface area contributed by atoms with Gasteiger partial charge in [-0.15, -0.1) is 0 Å². The third kappa shape index (κ3) is 8.95. The molecule has 0 radical (unpaired) electrons. The number of fused-ring (bicyclic) bond motifs is 1. The number of aliphatic hydroxyl groups is 1. The Kier molecular flexibility index (Phi) is 12.4. The van der Waals surface area contributed by atoms with Crippen LogP contribution in [0.4, 0.5) is 4.39 Å². The molecule has 45 heavy (non-hydrogen) atoms. The van der Waals surface area contributed by atoms with Crippen molar-refractivity contribution in [3.63, 3.8) is 0 Å². The summed E-state index contributed by atoms with van der Waals surface area (Å²) in [4.78, 5) is 48.8. The van der Waals surface area contributed by atoms with E-state index in [1.165, 1.54) is 10.9 Å². The zero-order valence-electron chi connectivity index (χ0n) is 27.0. The van der Waals surface area contributed by atoms with Gasteiger partial charge in [0.05, 0.1) is 26.1 Å². The van der Waals surface area contributed by atoms with E-state index in [1.807, 2.05) is 27.7 Å². The maximum absolute atomic E-state index is 16.1. The summed E-state index contributed by atoms with van der Waals surface area (Å²) in [5.41, 5.74) is -2.95. The van der Waals surface area contributed by atoms with Crippen LogP contribution in [0.3, 0.4) is 0 Å². The van der Waals surface area contributed by atoms with Crippen molar-refractivity contribution in [2.24, 2.45) is 11.8 Å². The minimum Gasteiger partial charge on any atom is -0.465 e.